The fourth-order valence-corrected chi connectivity index (χ4v) is 5.19. The van der Waals surface area contributed by atoms with Crippen LogP contribution in [-0.4, -0.2) is 50.9 Å². The van der Waals surface area contributed by atoms with Crippen molar-refractivity contribution in [2.24, 2.45) is 0 Å². The molecule has 12 heteroatoms. The monoisotopic (exact) mass is 686 g/mol. The Kier molecular flexibility index (Phi) is 8.55. The molecule has 0 saturated carbocycles. The highest BCUT2D eigenvalue weighted by Crippen LogP contribution is 2.30. The number of nitrogens with zero attached hydrogens (tertiary/aromatic N) is 2. The van der Waals surface area contributed by atoms with Crippen molar-refractivity contribution in [3.05, 3.63) is 68.9 Å². The summed E-state index contributed by atoms with van der Waals surface area (Å²) >= 11 is 6.78. The second-order valence-corrected chi connectivity index (χ2v) is 12.3. The zero-order valence-electron chi connectivity index (χ0n) is 23.0. The molecule has 214 valence electrons. The topological polar surface area (TPSA) is 128 Å². The second-order valence-electron chi connectivity index (χ2n) is 10.5. The van der Waals surface area contributed by atoms with E-state index in [1.54, 1.807) is 63.4 Å². The van der Waals surface area contributed by atoms with Crippen molar-refractivity contribution in [1.29, 1.82) is 0 Å². The molecule has 2 N–H and O–H groups in total. The summed E-state index contributed by atoms with van der Waals surface area (Å²) in [5.41, 5.74) is 0.903. The lowest BCUT2D eigenvalue weighted by Crippen LogP contribution is -2.42. The molecule has 0 radical (unpaired) electrons. The Morgan fingerprint density at radius 2 is 1.39 bits per heavy atom. The number of amides is 2. The number of hydrogen-bond acceptors (Lipinski definition) is 6. The number of ether oxygens (including phenoxy) is 1. The molecule has 0 aliphatic heterocycles. The highest BCUT2D eigenvalue weighted by molar-refractivity contribution is 9.10. The average Bonchev–Trinajstić information content (AvgIpc) is 3.43. The first-order valence-electron chi connectivity index (χ1n) is 12.6. The Balaban J connectivity index is 1.67. The van der Waals surface area contributed by atoms with Gasteiger partial charge in [-0.2, -0.15) is 0 Å². The van der Waals surface area contributed by atoms with Gasteiger partial charge in [-0.25, -0.2) is 4.79 Å². The first-order chi connectivity index (χ1) is 19.2. The Morgan fingerprint density at radius 3 is 1.95 bits per heavy atom. The predicted molar refractivity (Wildman–Crippen MR) is 161 cm³/mol. The normalized spacial score (nSPS) is 12.3. The van der Waals surface area contributed by atoms with Gasteiger partial charge in [-0.1, -0.05) is 44.0 Å². The quantitative estimate of drug-likeness (QED) is 0.189. The van der Waals surface area contributed by atoms with E-state index < -0.39 is 29.4 Å². The van der Waals surface area contributed by atoms with E-state index in [1.807, 2.05) is 0 Å². The maximum atomic E-state index is 13.3. The van der Waals surface area contributed by atoms with Gasteiger partial charge in [0.25, 0.3) is 11.7 Å². The molecule has 41 heavy (non-hydrogen) atoms. The summed E-state index contributed by atoms with van der Waals surface area (Å²) in [7, 11) is 0. The van der Waals surface area contributed by atoms with Gasteiger partial charge in [-0.05, 0) is 45.0 Å². The van der Waals surface area contributed by atoms with E-state index in [0.717, 1.165) is 4.47 Å². The van der Waals surface area contributed by atoms with Crippen LogP contribution < -0.4 is 10.6 Å². The number of carbonyl (C=O) groups excluding carboxylic acids is 5. The minimum Gasteiger partial charge on any atom is -0.444 e. The van der Waals surface area contributed by atoms with Crippen LogP contribution in [0, 0.1) is 0 Å². The molecule has 0 aliphatic carbocycles. The first-order valence-corrected chi connectivity index (χ1v) is 14.2. The van der Waals surface area contributed by atoms with Crippen molar-refractivity contribution in [2.75, 3.05) is 6.54 Å². The number of alkyl carbamates (subject to hydrolysis) is 1. The largest absolute Gasteiger partial charge is 0.444 e. The smallest absolute Gasteiger partial charge is 0.408 e. The molecule has 1 atom stereocenters. The van der Waals surface area contributed by atoms with Crippen LogP contribution in [0.2, 0.25) is 0 Å². The summed E-state index contributed by atoms with van der Waals surface area (Å²) < 4.78 is 9.65. The van der Waals surface area contributed by atoms with Crippen LogP contribution in [-0.2, 0) is 9.53 Å². The lowest BCUT2D eigenvalue weighted by Gasteiger charge is -2.24. The van der Waals surface area contributed by atoms with Gasteiger partial charge in [-0.3, -0.25) is 28.3 Å². The number of benzene rings is 2. The lowest BCUT2D eigenvalue weighted by atomic mass is 10.1. The fourth-order valence-electron chi connectivity index (χ4n) is 4.49. The highest BCUT2D eigenvalue weighted by atomic mass is 79.9. The number of halogens is 2. The van der Waals surface area contributed by atoms with Gasteiger partial charge in [0.05, 0.1) is 22.6 Å². The van der Waals surface area contributed by atoms with Crippen molar-refractivity contribution in [3.63, 3.8) is 0 Å². The van der Waals surface area contributed by atoms with E-state index >= 15 is 0 Å². The van der Waals surface area contributed by atoms with Crippen LogP contribution in [0.1, 0.15) is 66.2 Å². The Bertz CT molecular complexity index is 1730. The Hall–Kier alpha value is -3.77. The molecule has 0 unspecified atom stereocenters. The van der Waals surface area contributed by atoms with Gasteiger partial charge in [0, 0.05) is 58.1 Å². The molecule has 0 bridgehead atoms. The van der Waals surface area contributed by atoms with Crippen molar-refractivity contribution < 1.29 is 28.7 Å². The number of hydrogen-bond donors (Lipinski definition) is 2. The van der Waals surface area contributed by atoms with Crippen LogP contribution in [0.5, 0.6) is 0 Å². The van der Waals surface area contributed by atoms with Crippen LogP contribution in [0.3, 0.4) is 0 Å². The Labute approximate surface area is 252 Å². The van der Waals surface area contributed by atoms with E-state index in [2.05, 4.69) is 42.5 Å². The first kappa shape index (κ1) is 30.2. The summed E-state index contributed by atoms with van der Waals surface area (Å²) in [4.78, 5) is 63.8. The molecule has 0 saturated heterocycles. The molecule has 0 aliphatic rings. The van der Waals surface area contributed by atoms with Gasteiger partial charge in [0.1, 0.15) is 5.60 Å². The molecule has 2 aromatic heterocycles. The summed E-state index contributed by atoms with van der Waals surface area (Å²) in [6.07, 6.45) is 2.20. The van der Waals surface area contributed by atoms with E-state index in [-0.39, 0.29) is 23.9 Å². The van der Waals surface area contributed by atoms with Crippen LogP contribution in [0.4, 0.5) is 4.79 Å². The highest BCUT2D eigenvalue weighted by Gasteiger charge is 2.27. The molecule has 4 aromatic rings. The number of aromatic nitrogens is 2. The van der Waals surface area contributed by atoms with E-state index in [0.29, 0.717) is 31.8 Å². The summed E-state index contributed by atoms with van der Waals surface area (Å²) in [5, 5.41) is 6.48. The number of fused-ring (bicyclic) bond motifs is 2. The molecular formula is C29H28Br2N4O6. The molecule has 0 fully saturated rings. The SMILES string of the molecule is CC(=O)n1cc(C(=O)C(=O)NC[C@H](NC(=O)OC(C)(C)C)c2cn(C(C)=O)c3cc(Br)ccc23)c2ccc(Br)cc21. The molecule has 2 aromatic carbocycles. The van der Waals surface area contributed by atoms with E-state index in [9.17, 15) is 24.0 Å². The Morgan fingerprint density at radius 1 is 0.854 bits per heavy atom. The van der Waals surface area contributed by atoms with Crippen molar-refractivity contribution in [3.8, 4) is 0 Å². The molecule has 2 heterocycles. The van der Waals surface area contributed by atoms with Crippen molar-refractivity contribution in [2.45, 2.75) is 46.3 Å². The van der Waals surface area contributed by atoms with E-state index in [1.165, 1.54) is 29.2 Å². The minimum atomic E-state index is -0.926. The van der Waals surface area contributed by atoms with Gasteiger partial charge in [-0.15, -0.1) is 0 Å². The molecule has 4 rings (SSSR count). The predicted octanol–water partition coefficient (Wildman–Crippen LogP) is 6.01. The lowest BCUT2D eigenvalue weighted by molar-refractivity contribution is -0.117. The third-order valence-corrected chi connectivity index (χ3v) is 7.22. The molecule has 0 spiro atoms. The summed E-state index contributed by atoms with van der Waals surface area (Å²) in [6, 6.07) is 9.56. The van der Waals surface area contributed by atoms with Crippen LogP contribution >= 0.6 is 31.9 Å². The molecule has 2 amide bonds. The number of Topliss-reactive ketones (excluding diaryl/α,β-unsaturated/α-hetero) is 1. The van der Waals surface area contributed by atoms with Crippen molar-refractivity contribution in [1.82, 2.24) is 19.8 Å². The summed E-state index contributed by atoms with van der Waals surface area (Å²) in [5.74, 6) is -2.33. The van der Waals surface area contributed by atoms with Gasteiger partial charge in [0.15, 0.2) is 0 Å². The number of carbonyl (C=O) groups is 5. The zero-order valence-corrected chi connectivity index (χ0v) is 26.2. The number of ketones is 1. The third-order valence-electron chi connectivity index (χ3n) is 6.23. The summed E-state index contributed by atoms with van der Waals surface area (Å²) in [6.45, 7) is 7.74. The minimum absolute atomic E-state index is 0.0647. The maximum Gasteiger partial charge on any atom is 0.408 e. The van der Waals surface area contributed by atoms with Gasteiger partial charge < -0.3 is 15.4 Å². The van der Waals surface area contributed by atoms with Crippen molar-refractivity contribution >= 4 is 83.3 Å². The fraction of sp³-hybridized carbons (Fsp3) is 0.276. The van der Waals surface area contributed by atoms with Crippen LogP contribution in [0.25, 0.3) is 21.8 Å². The average molecular weight is 688 g/mol. The van der Waals surface area contributed by atoms with Gasteiger partial charge >= 0.3 is 6.09 Å². The van der Waals surface area contributed by atoms with E-state index in [4.69, 9.17) is 4.74 Å². The van der Waals surface area contributed by atoms with Gasteiger partial charge in [0.2, 0.25) is 11.8 Å². The van der Waals surface area contributed by atoms with Crippen LogP contribution in [0.15, 0.2) is 57.7 Å². The number of rotatable bonds is 6. The number of nitrogens with one attached hydrogen (secondary N) is 2. The maximum absolute atomic E-state index is 13.3. The molecular weight excluding hydrogens is 660 g/mol. The zero-order chi connectivity index (χ0) is 30.2. The second kappa shape index (κ2) is 11.6. The molecule has 10 nitrogen and oxygen atoms in total. The third kappa shape index (κ3) is 6.59. The standard InChI is InChI=1S/C29H28Br2N4O6/c1-15(36)34-13-21(19-8-6-17(30)10-24(19)34)23(33-28(40)41-29(3,4)5)12-32-27(39)26(38)22-14-35(16(2)37)25-11-18(31)7-9-20(22)25/h6-11,13-14,23H,12H2,1-5H3,(H,32,39)(H,33,40)/t23-/m0/s1.